The van der Waals surface area contributed by atoms with E-state index in [0.29, 0.717) is 0 Å². The Morgan fingerprint density at radius 1 is 0.391 bits per heavy atom. The second-order valence-corrected chi connectivity index (χ2v) is 13.8. The second kappa shape index (κ2) is 9.58. The van der Waals surface area contributed by atoms with E-state index in [1.807, 2.05) is 0 Å². The summed E-state index contributed by atoms with van der Waals surface area (Å²) in [6.07, 6.45) is 0. The predicted octanol–water partition coefficient (Wildman–Crippen LogP) is 11.2. The molecule has 0 amide bonds. The first-order valence-corrected chi connectivity index (χ1v) is 16.2. The fraction of sp³-hybridized carbons (Fsp3) is 0.136. The van der Waals surface area contributed by atoms with Gasteiger partial charge in [0.1, 0.15) is 0 Å². The Bertz CT molecular complexity index is 2360. The van der Waals surface area contributed by atoms with E-state index in [1.54, 1.807) is 0 Å². The molecule has 0 spiro atoms. The van der Waals surface area contributed by atoms with Crippen molar-refractivity contribution in [3.05, 3.63) is 156 Å². The van der Waals surface area contributed by atoms with Gasteiger partial charge in [0.15, 0.2) is 5.65 Å². The molecule has 2 heterocycles. The van der Waals surface area contributed by atoms with Crippen LogP contribution in [0.3, 0.4) is 0 Å². The molecule has 0 saturated heterocycles. The zero-order valence-electron chi connectivity index (χ0n) is 26.6. The van der Waals surface area contributed by atoms with E-state index < -0.39 is 0 Å². The minimum absolute atomic E-state index is 0.0670. The second-order valence-electron chi connectivity index (χ2n) is 13.8. The zero-order chi connectivity index (χ0) is 31.2. The fourth-order valence-electron chi connectivity index (χ4n) is 8.19. The van der Waals surface area contributed by atoms with Crippen molar-refractivity contribution in [2.75, 3.05) is 0 Å². The van der Waals surface area contributed by atoms with E-state index in [4.69, 9.17) is 9.97 Å². The Balaban J connectivity index is 1.31. The van der Waals surface area contributed by atoms with Crippen molar-refractivity contribution in [3.8, 4) is 55.9 Å². The topological polar surface area (TPSA) is 25.8 Å². The maximum absolute atomic E-state index is 5.37. The quantitative estimate of drug-likeness (QED) is 0.205. The standard InChI is InChI=1S/C44H34N2/c1-43(2)34-20-10-8-16-29(34)40-31(18-12-22-36(40)43)38-25-24-28-33(27-14-6-5-7-15-27)26-39(46-42(28)45-38)32-19-13-23-37-41(32)30-17-9-11-21-35(30)44(37,3)4/h5-26H,1-4H3. The van der Waals surface area contributed by atoms with Crippen LogP contribution < -0.4 is 0 Å². The minimum atomic E-state index is -0.0791. The van der Waals surface area contributed by atoms with Crippen LogP contribution in [-0.4, -0.2) is 9.97 Å². The monoisotopic (exact) mass is 590 g/mol. The lowest BCUT2D eigenvalue weighted by Crippen LogP contribution is -2.14. The van der Waals surface area contributed by atoms with E-state index >= 15 is 0 Å². The van der Waals surface area contributed by atoms with Crippen molar-refractivity contribution in [2.45, 2.75) is 38.5 Å². The molecule has 220 valence electrons. The molecule has 2 aliphatic carbocycles. The average molecular weight is 591 g/mol. The molecule has 2 aliphatic rings. The SMILES string of the molecule is CC1(C)c2ccccc2-c2c(-c3ccc4c(-c5ccccc5)cc(-c5cccc6c5-c5ccccc5C6(C)C)nc4n3)cccc21. The number of benzene rings is 5. The van der Waals surface area contributed by atoms with Crippen molar-refractivity contribution < 1.29 is 0 Å². The molecule has 5 aromatic carbocycles. The molecule has 0 saturated carbocycles. The molecular formula is C44H34N2. The molecule has 2 aromatic heterocycles. The van der Waals surface area contributed by atoms with Crippen LogP contribution >= 0.6 is 0 Å². The van der Waals surface area contributed by atoms with E-state index in [9.17, 15) is 0 Å². The van der Waals surface area contributed by atoms with Gasteiger partial charge in [-0.1, -0.05) is 143 Å². The molecule has 0 fully saturated rings. The van der Waals surface area contributed by atoms with Gasteiger partial charge in [0.2, 0.25) is 0 Å². The van der Waals surface area contributed by atoms with Crippen LogP contribution in [0.15, 0.2) is 133 Å². The molecule has 0 bridgehead atoms. The Morgan fingerprint density at radius 2 is 0.870 bits per heavy atom. The van der Waals surface area contributed by atoms with Gasteiger partial charge < -0.3 is 0 Å². The van der Waals surface area contributed by atoms with E-state index in [1.165, 1.54) is 44.5 Å². The lowest BCUT2D eigenvalue weighted by Gasteiger charge is -2.21. The number of aromatic nitrogens is 2. The lowest BCUT2D eigenvalue weighted by molar-refractivity contribution is 0.660. The largest absolute Gasteiger partial charge is 0.228 e. The van der Waals surface area contributed by atoms with Crippen LogP contribution in [0.5, 0.6) is 0 Å². The first-order valence-electron chi connectivity index (χ1n) is 16.2. The van der Waals surface area contributed by atoms with E-state index in [2.05, 4.69) is 161 Å². The van der Waals surface area contributed by atoms with Gasteiger partial charge >= 0.3 is 0 Å². The van der Waals surface area contributed by atoms with E-state index in [-0.39, 0.29) is 10.8 Å². The maximum atomic E-state index is 5.37. The summed E-state index contributed by atoms with van der Waals surface area (Å²) in [5.74, 6) is 0. The molecule has 0 aliphatic heterocycles. The third-order valence-electron chi connectivity index (χ3n) is 10.5. The number of hydrogen-bond acceptors (Lipinski definition) is 2. The highest BCUT2D eigenvalue weighted by atomic mass is 14.9. The molecule has 9 rings (SSSR count). The number of hydrogen-bond donors (Lipinski definition) is 0. The first-order chi connectivity index (χ1) is 22.3. The van der Waals surface area contributed by atoms with Crippen molar-refractivity contribution in [3.63, 3.8) is 0 Å². The number of fused-ring (bicyclic) bond motifs is 7. The lowest BCUT2D eigenvalue weighted by atomic mass is 9.82. The fourth-order valence-corrected chi connectivity index (χ4v) is 8.19. The summed E-state index contributed by atoms with van der Waals surface area (Å²) in [6.45, 7) is 9.31. The molecule has 2 nitrogen and oxygen atoms in total. The summed E-state index contributed by atoms with van der Waals surface area (Å²) in [5, 5.41) is 1.06. The van der Waals surface area contributed by atoms with Gasteiger partial charge in [0.25, 0.3) is 0 Å². The smallest absolute Gasteiger partial charge is 0.161 e. The molecule has 0 unspecified atom stereocenters. The highest BCUT2D eigenvalue weighted by Gasteiger charge is 2.38. The minimum Gasteiger partial charge on any atom is -0.228 e. The Morgan fingerprint density at radius 3 is 1.48 bits per heavy atom. The van der Waals surface area contributed by atoms with Crippen molar-refractivity contribution in [2.24, 2.45) is 0 Å². The molecule has 46 heavy (non-hydrogen) atoms. The van der Waals surface area contributed by atoms with Gasteiger partial charge in [0.05, 0.1) is 11.4 Å². The third kappa shape index (κ3) is 3.70. The molecule has 2 heteroatoms. The van der Waals surface area contributed by atoms with E-state index in [0.717, 1.165) is 44.7 Å². The van der Waals surface area contributed by atoms with Crippen LogP contribution in [0.2, 0.25) is 0 Å². The van der Waals surface area contributed by atoms with Crippen molar-refractivity contribution >= 4 is 11.0 Å². The third-order valence-corrected chi connectivity index (χ3v) is 10.5. The van der Waals surface area contributed by atoms with Gasteiger partial charge in [-0.2, -0.15) is 0 Å². The molecule has 0 radical (unpaired) electrons. The van der Waals surface area contributed by atoms with Gasteiger partial charge in [-0.05, 0) is 73.8 Å². The van der Waals surface area contributed by atoms with Crippen LogP contribution in [0.25, 0.3) is 66.9 Å². The van der Waals surface area contributed by atoms with Gasteiger partial charge in [-0.3, -0.25) is 0 Å². The number of rotatable bonds is 3. The summed E-state index contributed by atoms with van der Waals surface area (Å²) in [5.41, 5.74) is 17.7. The summed E-state index contributed by atoms with van der Waals surface area (Å²) in [7, 11) is 0. The molecule has 0 N–H and O–H groups in total. The van der Waals surface area contributed by atoms with Crippen molar-refractivity contribution in [1.29, 1.82) is 0 Å². The predicted molar refractivity (Wildman–Crippen MR) is 191 cm³/mol. The van der Waals surface area contributed by atoms with Crippen LogP contribution in [0.1, 0.15) is 49.9 Å². The highest BCUT2D eigenvalue weighted by molar-refractivity contribution is 6.00. The number of pyridine rings is 2. The maximum Gasteiger partial charge on any atom is 0.161 e. The van der Waals surface area contributed by atoms with Gasteiger partial charge in [-0.15, -0.1) is 0 Å². The van der Waals surface area contributed by atoms with Crippen LogP contribution in [-0.2, 0) is 10.8 Å². The Labute approximate surface area is 270 Å². The summed E-state index contributed by atoms with van der Waals surface area (Å²) in [4.78, 5) is 10.7. The molecule has 0 atom stereocenters. The molecule has 7 aromatic rings. The Hall–Kier alpha value is -5.34. The van der Waals surface area contributed by atoms with Gasteiger partial charge in [0, 0.05) is 27.3 Å². The van der Waals surface area contributed by atoms with Gasteiger partial charge in [-0.25, -0.2) is 9.97 Å². The summed E-state index contributed by atoms with van der Waals surface area (Å²) >= 11 is 0. The average Bonchev–Trinajstić information content (AvgIpc) is 3.48. The van der Waals surface area contributed by atoms with Crippen LogP contribution in [0, 0.1) is 0 Å². The zero-order valence-corrected chi connectivity index (χ0v) is 26.6. The normalized spacial score (nSPS) is 14.9. The summed E-state index contributed by atoms with van der Waals surface area (Å²) < 4.78 is 0. The Kier molecular flexibility index (Phi) is 5.63. The molecular weight excluding hydrogens is 556 g/mol. The van der Waals surface area contributed by atoms with Crippen LogP contribution in [0.4, 0.5) is 0 Å². The first kappa shape index (κ1) is 27.0. The summed E-state index contributed by atoms with van der Waals surface area (Å²) in [6, 6.07) is 48.3. The number of nitrogens with zero attached hydrogens (tertiary/aromatic N) is 2. The highest BCUT2D eigenvalue weighted by Crippen LogP contribution is 2.53. The van der Waals surface area contributed by atoms with Crippen molar-refractivity contribution in [1.82, 2.24) is 9.97 Å².